The summed E-state index contributed by atoms with van der Waals surface area (Å²) in [5.41, 5.74) is 0.962. The summed E-state index contributed by atoms with van der Waals surface area (Å²) in [6.07, 6.45) is 4.61. The van der Waals surface area contributed by atoms with Crippen molar-refractivity contribution in [1.82, 2.24) is 5.32 Å². The standard InChI is InChI=1S/C16H22BrNO2/c1-3-13(4-2)15(19)11-18-16(20)10-7-12-5-8-14(17)9-6-12/h5-10,13,15,19H,3-4,11H2,1-2H3,(H,18,20)/b10-7+. The summed E-state index contributed by atoms with van der Waals surface area (Å²) >= 11 is 3.36. The first kappa shape index (κ1) is 16.9. The fourth-order valence-electron chi connectivity index (χ4n) is 2.01. The van der Waals surface area contributed by atoms with Crippen LogP contribution in [0.1, 0.15) is 32.3 Å². The molecule has 0 aliphatic carbocycles. The van der Waals surface area contributed by atoms with E-state index in [0.717, 1.165) is 22.9 Å². The summed E-state index contributed by atoms with van der Waals surface area (Å²) in [5.74, 6) is 0.0590. The van der Waals surface area contributed by atoms with Crippen LogP contribution in [0.5, 0.6) is 0 Å². The number of carbonyl (C=O) groups excluding carboxylic acids is 1. The van der Waals surface area contributed by atoms with Crippen LogP contribution in [0.3, 0.4) is 0 Å². The van der Waals surface area contributed by atoms with Gasteiger partial charge in [-0.3, -0.25) is 4.79 Å². The molecule has 1 aromatic rings. The number of nitrogens with one attached hydrogen (secondary N) is 1. The van der Waals surface area contributed by atoms with Crippen LogP contribution in [-0.2, 0) is 4.79 Å². The van der Waals surface area contributed by atoms with Crippen LogP contribution in [0.25, 0.3) is 6.08 Å². The molecule has 3 nitrogen and oxygen atoms in total. The highest BCUT2D eigenvalue weighted by Crippen LogP contribution is 2.13. The Labute approximate surface area is 129 Å². The van der Waals surface area contributed by atoms with Crippen molar-refractivity contribution < 1.29 is 9.90 Å². The van der Waals surface area contributed by atoms with Crippen LogP contribution < -0.4 is 5.32 Å². The van der Waals surface area contributed by atoms with Gasteiger partial charge >= 0.3 is 0 Å². The number of hydrogen-bond donors (Lipinski definition) is 2. The molecule has 1 aromatic carbocycles. The summed E-state index contributed by atoms with van der Waals surface area (Å²) in [5, 5.41) is 12.7. The number of amides is 1. The Balaban J connectivity index is 2.42. The number of benzene rings is 1. The number of aliphatic hydroxyl groups excluding tert-OH is 1. The van der Waals surface area contributed by atoms with Crippen molar-refractivity contribution in [1.29, 1.82) is 0 Å². The first-order valence-corrected chi connectivity index (χ1v) is 7.75. The first-order chi connectivity index (χ1) is 9.56. The van der Waals surface area contributed by atoms with Crippen molar-refractivity contribution in [3.05, 3.63) is 40.4 Å². The van der Waals surface area contributed by atoms with Gasteiger partial charge in [-0.15, -0.1) is 0 Å². The zero-order chi connectivity index (χ0) is 15.0. The first-order valence-electron chi connectivity index (χ1n) is 6.96. The molecule has 0 bridgehead atoms. The number of halogens is 1. The highest BCUT2D eigenvalue weighted by Gasteiger charge is 2.15. The summed E-state index contributed by atoms with van der Waals surface area (Å²) in [6.45, 7) is 4.40. The van der Waals surface area contributed by atoms with Crippen LogP contribution in [-0.4, -0.2) is 23.7 Å². The van der Waals surface area contributed by atoms with Gasteiger partial charge in [-0.2, -0.15) is 0 Å². The molecule has 4 heteroatoms. The molecule has 1 amide bonds. The minimum absolute atomic E-state index is 0.182. The van der Waals surface area contributed by atoms with Crippen molar-refractivity contribution >= 4 is 27.9 Å². The van der Waals surface area contributed by atoms with Crippen molar-refractivity contribution in [2.45, 2.75) is 32.8 Å². The average Bonchev–Trinajstić information content (AvgIpc) is 2.45. The predicted molar refractivity (Wildman–Crippen MR) is 86.3 cm³/mol. The summed E-state index contributed by atoms with van der Waals surface area (Å²) < 4.78 is 1.01. The number of hydrogen-bond acceptors (Lipinski definition) is 2. The molecule has 0 aliphatic heterocycles. The Morgan fingerprint density at radius 2 is 1.90 bits per heavy atom. The fourth-order valence-corrected chi connectivity index (χ4v) is 2.27. The highest BCUT2D eigenvalue weighted by molar-refractivity contribution is 9.10. The Morgan fingerprint density at radius 1 is 1.30 bits per heavy atom. The van der Waals surface area contributed by atoms with E-state index < -0.39 is 6.10 Å². The van der Waals surface area contributed by atoms with E-state index in [9.17, 15) is 9.90 Å². The molecular formula is C16H22BrNO2. The van der Waals surface area contributed by atoms with Crippen molar-refractivity contribution in [3.63, 3.8) is 0 Å². The molecular weight excluding hydrogens is 318 g/mol. The molecule has 1 atom stereocenters. The summed E-state index contributed by atoms with van der Waals surface area (Å²) in [4.78, 5) is 11.7. The van der Waals surface area contributed by atoms with Gasteiger partial charge in [-0.1, -0.05) is 54.8 Å². The summed E-state index contributed by atoms with van der Waals surface area (Å²) in [6, 6.07) is 7.70. The van der Waals surface area contributed by atoms with E-state index in [2.05, 4.69) is 21.2 Å². The average molecular weight is 340 g/mol. The maximum Gasteiger partial charge on any atom is 0.244 e. The van der Waals surface area contributed by atoms with Crippen molar-refractivity contribution in [3.8, 4) is 0 Å². The molecule has 1 unspecified atom stereocenters. The van der Waals surface area contributed by atoms with E-state index in [4.69, 9.17) is 0 Å². The van der Waals surface area contributed by atoms with E-state index in [1.165, 1.54) is 6.08 Å². The molecule has 0 spiro atoms. The highest BCUT2D eigenvalue weighted by atomic mass is 79.9. The third-order valence-electron chi connectivity index (χ3n) is 3.38. The second kappa shape index (κ2) is 8.93. The zero-order valence-electron chi connectivity index (χ0n) is 12.0. The molecule has 0 saturated carbocycles. The quantitative estimate of drug-likeness (QED) is 0.748. The largest absolute Gasteiger partial charge is 0.391 e. The molecule has 1 rings (SSSR count). The van der Waals surface area contributed by atoms with Gasteiger partial charge in [0.05, 0.1) is 6.10 Å². The smallest absolute Gasteiger partial charge is 0.244 e. The van der Waals surface area contributed by atoms with Crippen molar-refractivity contribution in [2.75, 3.05) is 6.54 Å². The lowest BCUT2D eigenvalue weighted by molar-refractivity contribution is -0.117. The molecule has 110 valence electrons. The van der Waals surface area contributed by atoms with Gasteiger partial charge in [-0.25, -0.2) is 0 Å². The van der Waals surface area contributed by atoms with Crippen LogP contribution in [0, 0.1) is 5.92 Å². The maximum absolute atomic E-state index is 11.7. The predicted octanol–water partition coefficient (Wildman–Crippen LogP) is 3.38. The zero-order valence-corrected chi connectivity index (χ0v) is 13.6. The third-order valence-corrected chi connectivity index (χ3v) is 3.90. The van der Waals surface area contributed by atoms with E-state index in [-0.39, 0.29) is 11.8 Å². The molecule has 0 aromatic heterocycles. The Bertz CT molecular complexity index is 438. The molecule has 20 heavy (non-hydrogen) atoms. The van der Waals surface area contributed by atoms with Gasteiger partial charge in [0.1, 0.15) is 0 Å². The Morgan fingerprint density at radius 3 is 2.45 bits per heavy atom. The Kier molecular flexibility index (Phi) is 7.55. The molecule has 0 saturated heterocycles. The number of carbonyl (C=O) groups is 1. The van der Waals surface area contributed by atoms with Crippen LogP contribution in [0.2, 0.25) is 0 Å². The fraction of sp³-hybridized carbons (Fsp3) is 0.438. The molecule has 0 aliphatic rings. The SMILES string of the molecule is CCC(CC)C(O)CNC(=O)/C=C/c1ccc(Br)cc1. The number of aliphatic hydroxyl groups is 1. The Hall–Kier alpha value is -1.13. The van der Waals surface area contributed by atoms with E-state index >= 15 is 0 Å². The lowest BCUT2D eigenvalue weighted by Crippen LogP contribution is -2.35. The van der Waals surface area contributed by atoms with Gasteiger partial charge in [-0.05, 0) is 29.7 Å². The lowest BCUT2D eigenvalue weighted by atomic mass is 9.96. The van der Waals surface area contributed by atoms with Gasteiger partial charge in [0.15, 0.2) is 0 Å². The molecule has 0 radical (unpaired) electrons. The van der Waals surface area contributed by atoms with Gasteiger partial charge in [0.25, 0.3) is 0 Å². The van der Waals surface area contributed by atoms with E-state index in [1.54, 1.807) is 6.08 Å². The van der Waals surface area contributed by atoms with E-state index in [0.29, 0.717) is 6.54 Å². The van der Waals surface area contributed by atoms with Crippen LogP contribution in [0.15, 0.2) is 34.8 Å². The second-order valence-electron chi connectivity index (χ2n) is 4.77. The molecule has 2 N–H and O–H groups in total. The van der Waals surface area contributed by atoms with Crippen molar-refractivity contribution in [2.24, 2.45) is 5.92 Å². The molecule has 0 heterocycles. The maximum atomic E-state index is 11.7. The minimum Gasteiger partial charge on any atom is -0.391 e. The van der Waals surface area contributed by atoms with Crippen LogP contribution in [0.4, 0.5) is 0 Å². The second-order valence-corrected chi connectivity index (χ2v) is 5.69. The van der Waals surface area contributed by atoms with Gasteiger partial charge in [0, 0.05) is 17.1 Å². The normalized spacial score (nSPS) is 12.8. The van der Waals surface area contributed by atoms with Gasteiger partial charge < -0.3 is 10.4 Å². The van der Waals surface area contributed by atoms with Gasteiger partial charge in [0.2, 0.25) is 5.91 Å². The van der Waals surface area contributed by atoms with E-state index in [1.807, 2.05) is 38.1 Å². The minimum atomic E-state index is -0.477. The lowest BCUT2D eigenvalue weighted by Gasteiger charge is -2.19. The summed E-state index contributed by atoms with van der Waals surface area (Å²) in [7, 11) is 0. The topological polar surface area (TPSA) is 49.3 Å². The monoisotopic (exact) mass is 339 g/mol. The third kappa shape index (κ3) is 5.88. The number of rotatable bonds is 7. The molecule has 0 fully saturated rings. The van der Waals surface area contributed by atoms with Crippen LogP contribution >= 0.6 is 15.9 Å².